The Kier molecular flexibility index (Phi) is 4.71. The van der Waals surface area contributed by atoms with E-state index in [1.165, 1.54) is 0 Å². The SMILES string of the molecule is CC(=O)N1CCCn2cc(-c3cccc(NC(=O)OC(C)(C)C)c3)nc21. The molecular weight excluding hydrogens is 332 g/mol. The Morgan fingerprint density at radius 2 is 2.00 bits per heavy atom. The fraction of sp³-hybridized carbons (Fsp3) is 0.421. The highest BCUT2D eigenvalue weighted by molar-refractivity contribution is 5.90. The number of carbonyl (C=O) groups is 2. The number of amides is 2. The molecule has 2 heterocycles. The molecule has 0 atom stereocenters. The third-order valence-corrected chi connectivity index (χ3v) is 3.96. The van der Waals surface area contributed by atoms with Gasteiger partial charge >= 0.3 is 6.09 Å². The lowest BCUT2D eigenvalue weighted by atomic mass is 10.1. The zero-order chi connectivity index (χ0) is 18.9. The van der Waals surface area contributed by atoms with E-state index in [0.717, 1.165) is 24.2 Å². The average Bonchev–Trinajstić information content (AvgIpc) is 2.97. The van der Waals surface area contributed by atoms with Crippen LogP contribution in [0.25, 0.3) is 11.3 Å². The maximum atomic E-state index is 12.0. The second-order valence-corrected chi connectivity index (χ2v) is 7.35. The smallest absolute Gasteiger partial charge is 0.412 e. The van der Waals surface area contributed by atoms with Crippen LogP contribution in [0.1, 0.15) is 34.1 Å². The molecule has 0 radical (unpaired) electrons. The van der Waals surface area contributed by atoms with Gasteiger partial charge in [0.05, 0.1) is 5.69 Å². The van der Waals surface area contributed by atoms with Crippen molar-refractivity contribution in [1.82, 2.24) is 9.55 Å². The first kappa shape index (κ1) is 18.0. The van der Waals surface area contributed by atoms with Crippen molar-refractivity contribution < 1.29 is 14.3 Å². The molecule has 0 unspecified atom stereocenters. The van der Waals surface area contributed by atoms with Crippen LogP contribution < -0.4 is 10.2 Å². The fourth-order valence-electron chi connectivity index (χ4n) is 2.90. The second kappa shape index (κ2) is 6.82. The summed E-state index contributed by atoms with van der Waals surface area (Å²) in [4.78, 5) is 30.1. The van der Waals surface area contributed by atoms with E-state index in [0.29, 0.717) is 18.2 Å². The molecule has 138 valence electrons. The van der Waals surface area contributed by atoms with Gasteiger partial charge in [0.1, 0.15) is 5.60 Å². The third kappa shape index (κ3) is 4.04. The number of anilines is 2. The lowest BCUT2D eigenvalue weighted by molar-refractivity contribution is -0.116. The number of fused-ring (bicyclic) bond motifs is 1. The van der Waals surface area contributed by atoms with Crippen LogP contribution in [0.2, 0.25) is 0 Å². The van der Waals surface area contributed by atoms with Gasteiger partial charge in [-0.25, -0.2) is 9.78 Å². The lowest BCUT2D eigenvalue weighted by Gasteiger charge is -2.25. The fourth-order valence-corrected chi connectivity index (χ4v) is 2.90. The summed E-state index contributed by atoms with van der Waals surface area (Å²) in [6.45, 7) is 8.53. The lowest BCUT2D eigenvalue weighted by Crippen LogP contribution is -2.35. The topological polar surface area (TPSA) is 76.5 Å². The van der Waals surface area contributed by atoms with E-state index in [4.69, 9.17) is 4.74 Å². The molecule has 0 spiro atoms. The zero-order valence-electron chi connectivity index (χ0n) is 15.6. The molecule has 7 nitrogen and oxygen atoms in total. The number of hydrogen-bond acceptors (Lipinski definition) is 4. The first-order valence-corrected chi connectivity index (χ1v) is 8.69. The van der Waals surface area contributed by atoms with Crippen LogP contribution in [0.4, 0.5) is 16.4 Å². The van der Waals surface area contributed by atoms with Crippen molar-refractivity contribution in [2.24, 2.45) is 0 Å². The van der Waals surface area contributed by atoms with Gasteiger partial charge in [0, 0.05) is 37.5 Å². The van der Waals surface area contributed by atoms with Crippen molar-refractivity contribution in [3.05, 3.63) is 30.5 Å². The summed E-state index contributed by atoms with van der Waals surface area (Å²) in [5.41, 5.74) is 1.71. The first-order valence-electron chi connectivity index (χ1n) is 8.69. The number of benzene rings is 1. The van der Waals surface area contributed by atoms with Crippen LogP contribution in [-0.2, 0) is 16.1 Å². The van der Waals surface area contributed by atoms with E-state index in [1.807, 2.05) is 49.7 Å². The van der Waals surface area contributed by atoms with Gasteiger partial charge in [0.15, 0.2) is 0 Å². The molecule has 0 fully saturated rings. The molecule has 3 rings (SSSR count). The first-order chi connectivity index (χ1) is 12.2. The molecule has 1 aromatic heterocycles. The summed E-state index contributed by atoms with van der Waals surface area (Å²) in [5, 5.41) is 2.74. The monoisotopic (exact) mass is 356 g/mol. The number of nitrogens with one attached hydrogen (secondary N) is 1. The van der Waals surface area contributed by atoms with Gasteiger partial charge in [0.2, 0.25) is 11.9 Å². The zero-order valence-corrected chi connectivity index (χ0v) is 15.6. The number of hydrogen-bond donors (Lipinski definition) is 1. The Morgan fingerprint density at radius 1 is 1.23 bits per heavy atom. The predicted molar refractivity (Wildman–Crippen MR) is 100 cm³/mol. The molecule has 1 N–H and O–H groups in total. The minimum atomic E-state index is -0.555. The highest BCUT2D eigenvalue weighted by Crippen LogP contribution is 2.28. The van der Waals surface area contributed by atoms with E-state index >= 15 is 0 Å². The summed E-state index contributed by atoms with van der Waals surface area (Å²) in [6.07, 6.45) is 2.35. The second-order valence-electron chi connectivity index (χ2n) is 7.35. The van der Waals surface area contributed by atoms with Crippen LogP contribution in [0.15, 0.2) is 30.5 Å². The molecule has 1 aliphatic heterocycles. The van der Waals surface area contributed by atoms with E-state index in [1.54, 1.807) is 17.9 Å². The van der Waals surface area contributed by atoms with Crippen molar-refractivity contribution in [3.63, 3.8) is 0 Å². The minimum absolute atomic E-state index is 0.0107. The number of ether oxygens (including phenoxy) is 1. The quantitative estimate of drug-likeness (QED) is 0.891. The van der Waals surface area contributed by atoms with Gasteiger partial charge in [-0.05, 0) is 39.3 Å². The van der Waals surface area contributed by atoms with E-state index in [9.17, 15) is 9.59 Å². The summed E-state index contributed by atoms with van der Waals surface area (Å²) in [5.74, 6) is 0.660. The van der Waals surface area contributed by atoms with Gasteiger partial charge in [0.25, 0.3) is 0 Å². The molecule has 1 aromatic carbocycles. The Hall–Kier alpha value is -2.83. The number of nitrogens with zero attached hydrogens (tertiary/aromatic N) is 3. The van der Waals surface area contributed by atoms with Crippen LogP contribution in [0.5, 0.6) is 0 Å². The number of rotatable bonds is 2. The van der Waals surface area contributed by atoms with Crippen molar-refractivity contribution >= 4 is 23.6 Å². The van der Waals surface area contributed by atoms with Crippen molar-refractivity contribution in [1.29, 1.82) is 0 Å². The van der Waals surface area contributed by atoms with Gasteiger partial charge in [-0.1, -0.05) is 12.1 Å². The summed E-state index contributed by atoms with van der Waals surface area (Å²) in [7, 11) is 0. The summed E-state index contributed by atoms with van der Waals surface area (Å²) < 4.78 is 7.27. The molecule has 0 saturated heterocycles. The normalized spacial score (nSPS) is 13.9. The van der Waals surface area contributed by atoms with Crippen LogP contribution >= 0.6 is 0 Å². The van der Waals surface area contributed by atoms with Gasteiger partial charge in [-0.2, -0.15) is 0 Å². The molecule has 2 aromatic rings. The Balaban J connectivity index is 1.83. The molecule has 7 heteroatoms. The maximum Gasteiger partial charge on any atom is 0.412 e. The largest absolute Gasteiger partial charge is 0.444 e. The Labute approximate surface area is 153 Å². The Morgan fingerprint density at radius 3 is 2.69 bits per heavy atom. The molecule has 1 aliphatic rings. The molecular formula is C19H24N4O3. The minimum Gasteiger partial charge on any atom is -0.444 e. The van der Waals surface area contributed by atoms with Crippen molar-refractivity contribution in [2.75, 3.05) is 16.8 Å². The van der Waals surface area contributed by atoms with Gasteiger partial charge < -0.3 is 9.30 Å². The number of aryl methyl sites for hydroxylation is 1. The predicted octanol–water partition coefficient (Wildman–Crippen LogP) is 3.65. The van der Waals surface area contributed by atoms with E-state index in [2.05, 4.69) is 10.3 Å². The van der Waals surface area contributed by atoms with Gasteiger partial charge in [-0.15, -0.1) is 0 Å². The van der Waals surface area contributed by atoms with Crippen LogP contribution in [-0.4, -0.2) is 33.7 Å². The molecule has 2 amide bonds. The van der Waals surface area contributed by atoms with Gasteiger partial charge in [-0.3, -0.25) is 15.0 Å². The van der Waals surface area contributed by atoms with E-state index < -0.39 is 11.7 Å². The van der Waals surface area contributed by atoms with E-state index in [-0.39, 0.29) is 5.91 Å². The summed E-state index contributed by atoms with van der Waals surface area (Å²) >= 11 is 0. The standard InChI is InChI=1S/C19H24N4O3/c1-13(24)23-10-6-9-22-12-16(21-17(22)23)14-7-5-8-15(11-14)20-18(25)26-19(2,3)4/h5,7-8,11-12H,6,9-10H2,1-4H3,(H,20,25). The number of aromatic nitrogens is 2. The van der Waals surface area contributed by atoms with Crippen LogP contribution in [0, 0.1) is 0 Å². The highest BCUT2D eigenvalue weighted by Gasteiger charge is 2.23. The van der Waals surface area contributed by atoms with Crippen molar-refractivity contribution in [2.45, 2.75) is 46.3 Å². The number of carbonyl (C=O) groups excluding carboxylic acids is 2. The van der Waals surface area contributed by atoms with Crippen LogP contribution in [0.3, 0.4) is 0 Å². The average molecular weight is 356 g/mol. The summed E-state index contributed by atoms with van der Waals surface area (Å²) in [6, 6.07) is 7.41. The molecule has 26 heavy (non-hydrogen) atoms. The molecule has 0 saturated carbocycles. The highest BCUT2D eigenvalue weighted by atomic mass is 16.6. The van der Waals surface area contributed by atoms with Crippen molar-refractivity contribution in [3.8, 4) is 11.3 Å². The maximum absolute atomic E-state index is 12.0. The number of imidazole rings is 1. The molecule has 0 aliphatic carbocycles. The Bertz CT molecular complexity index is 836. The molecule has 0 bridgehead atoms. The third-order valence-electron chi connectivity index (χ3n) is 3.96.